The molecule has 3 heterocycles. The fourth-order valence-corrected chi connectivity index (χ4v) is 3.71. The Morgan fingerprint density at radius 3 is 2.96 bits per heavy atom. The molecule has 2 aliphatic rings. The van der Waals surface area contributed by atoms with Gasteiger partial charge in [0, 0.05) is 36.5 Å². The Morgan fingerprint density at radius 2 is 2.17 bits per heavy atom. The predicted octanol–water partition coefficient (Wildman–Crippen LogP) is 2.70. The fraction of sp³-hybridized carbons (Fsp3) is 0.556. The van der Waals surface area contributed by atoms with Crippen LogP contribution in [0.5, 0.6) is 0 Å². The molecule has 0 radical (unpaired) electrons. The zero-order chi connectivity index (χ0) is 16.0. The van der Waals surface area contributed by atoms with Gasteiger partial charge in [-0.15, -0.1) is 0 Å². The Morgan fingerprint density at radius 1 is 1.35 bits per heavy atom. The number of hydrogen-bond acceptors (Lipinski definition) is 4. The van der Waals surface area contributed by atoms with E-state index in [4.69, 9.17) is 4.98 Å². The van der Waals surface area contributed by atoms with Crippen molar-refractivity contribution >= 4 is 16.9 Å². The Kier molecular flexibility index (Phi) is 3.51. The van der Waals surface area contributed by atoms with Gasteiger partial charge in [0.1, 0.15) is 5.82 Å². The number of hydrogen-bond donors (Lipinski definition) is 0. The summed E-state index contributed by atoms with van der Waals surface area (Å²) < 4.78 is 0. The van der Waals surface area contributed by atoms with E-state index in [0.29, 0.717) is 11.8 Å². The summed E-state index contributed by atoms with van der Waals surface area (Å²) in [4.78, 5) is 28.1. The van der Waals surface area contributed by atoms with Crippen LogP contribution in [0.1, 0.15) is 43.6 Å². The van der Waals surface area contributed by atoms with E-state index >= 15 is 0 Å². The largest absolute Gasteiger partial charge is 0.342 e. The molecule has 3 unspecified atom stereocenters. The molecule has 0 aromatic carbocycles. The molecule has 1 amide bonds. The molecule has 2 aromatic rings. The van der Waals surface area contributed by atoms with E-state index in [1.54, 1.807) is 6.20 Å². The standard InChI is InChI=1S/C18H22N4O/c1-11-9-15(11)18(23)22-8-4-5-13(10-22)16-14-6-3-7-19-17(14)21-12(2)20-16/h3,6-7,11,13,15H,4-5,8-10H2,1-2H3. The Labute approximate surface area is 136 Å². The zero-order valence-corrected chi connectivity index (χ0v) is 13.7. The molecule has 2 fully saturated rings. The maximum Gasteiger partial charge on any atom is 0.225 e. The van der Waals surface area contributed by atoms with Crippen LogP contribution in [0.3, 0.4) is 0 Å². The number of rotatable bonds is 2. The predicted molar refractivity (Wildman–Crippen MR) is 87.9 cm³/mol. The highest BCUT2D eigenvalue weighted by Gasteiger charge is 2.42. The first-order chi connectivity index (χ1) is 11.1. The first-order valence-electron chi connectivity index (χ1n) is 8.51. The van der Waals surface area contributed by atoms with Gasteiger partial charge in [-0.3, -0.25) is 4.79 Å². The minimum absolute atomic E-state index is 0.263. The van der Waals surface area contributed by atoms with E-state index in [-0.39, 0.29) is 11.8 Å². The molecule has 1 saturated carbocycles. The smallest absolute Gasteiger partial charge is 0.225 e. The highest BCUT2D eigenvalue weighted by molar-refractivity contribution is 5.82. The van der Waals surface area contributed by atoms with E-state index < -0.39 is 0 Å². The number of nitrogens with zero attached hydrogens (tertiary/aromatic N) is 4. The van der Waals surface area contributed by atoms with Crippen LogP contribution < -0.4 is 0 Å². The van der Waals surface area contributed by atoms with Crippen LogP contribution in [0.25, 0.3) is 11.0 Å². The van der Waals surface area contributed by atoms with E-state index in [2.05, 4.69) is 21.8 Å². The van der Waals surface area contributed by atoms with Crippen molar-refractivity contribution in [2.45, 2.75) is 39.0 Å². The van der Waals surface area contributed by atoms with Gasteiger partial charge in [-0.05, 0) is 44.2 Å². The van der Waals surface area contributed by atoms with Crippen molar-refractivity contribution in [3.63, 3.8) is 0 Å². The number of carbonyl (C=O) groups is 1. The highest BCUT2D eigenvalue weighted by Crippen LogP contribution is 2.40. The lowest BCUT2D eigenvalue weighted by molar-refractivity contribution is -0.134. The van der Waals surface area contributed by atoms with Crippen molar-refractivity contribution in [1.82, 2.24) is 19.9 Å². The number of aromatic nitrogens is 3. The molecule has 5 nitrogen and oxygen atoms in total. The van der Waals surface area contributed by atoms with E-state index in [1.807, 2.05) is 19.1 Å². The summed E-state index contributed by atoms with van der Waals surface area (Å²) in [6.45, 7) is 5.74. The second-order valence-electron chi connectivity index (χ2n) is 6.97. The van der Waals surface area contributed by atoms with Crippen LogP contribution in [0.4, 0.5) is 0 Å². The SMILES string of the molecule is Cc1nc(C2CCCN(C(=O)C3CC3C)C2)c2cccnc2n1. The van der Waals surface area contributed by atoms with Crippen molar-refractivity contribution < 1.29 is 4.79 Å². The Bertz CT molecular complexity index is 760. The number of aryl methyl sites for hydroxylation is 1. The summed E-state index contributed by atoms with van der Waals surface area (Å²) in [6.07, 6.45) is 4.94. The summed E-state index contributed by atoms with van der Waals surface area (Å²) in [7, 11) is 0. The molecular formula is C18H22N4O. The number of carbonyl (C=O) groups excluding carboxylic acids is 1. The lowest BCUT2D eigenvalue weighted by Crippen LogP contribution is -2.40. The average molecular weight is 310 g/mol. The first-order valence-corrected chi connectivity index (χ1v) is 8.51. The molecule has 1 aliphatic heterocycles. The summed E-state index contributed by atoms with van der Waals surface area (Å²) in [5.41, 5.74) is 1.82. The van der Waals surface area contributed by atoms with E-state index in [1.165, 1.54) is 0 Å². The molecule has 2 aromatic heterocycles. The number of likely N-dealkylation sites (tertiary alicyclic amines) is 1. The van der Waals surface area contributed by atoms with Gasteiger partial charge in [-0.25, -0.2) is 15.0 Å². The third-order valence-corrected chi connectivity index (χ3v) is 5.16. The lowest BCUT2D eigenvalue weighted by Gasteiger charge is -2.33. The highest BCUT2D eigenvalue weighted by atomic mass is 16.2. The summed E-state index contributed by atoms with van der Waals surface area (Å²) >= 11 is 0. The van der Waals surface area contributed by atoms with Gasteiger partial charge >= 0.3 is 0 Å². The van der Waals surface area contributed by atoms with Gasteiger partial charge in [0.05, 0.1) is 5.69 Å². The minimum Gasteiger partial charge on any atom is -0.342 e. The van der Waals surface area contributed by atoms with Crippen molar-refractivity contribution in [2.24, 2.45) is 11.8 Å². The Balaban J connectivity index is 1.64. The third kappa shape index (κ3) is 2.69. The second kappa shape index (κ2) is 5.55. The Hall–Kier alpha value is -2.04. The quantitative estimate of drug-likeness (QED) is 0.855. The number of piperidine rings is 1. The van der Waals surface area contributed by atoms with E-state index in [9.17, 15) is 4.79 Å². The van der Waals surface area contributed by atoms with Crippen LogP contribution in [0.15, 0.2) is 18.3 Å². The molecule has 4 rings (SSSR count). The van der Waals surface area contributed by atoms with Crippen molar-refractivity contribution in [2.75, 3.05) is 13.1 Å². The molecule has 1 saturated heterocycles. The molecule has 23 heavy (non-hydrogen) atoms. The molecule has 0 N–H and O–H groups in total. The van der Waals surface area contributed by atoms with Gasteiger partial charge in [0.15, 0.2) is 5.65 Å². The lowest BCUT2D eigenvalue weighted by atomic mass is 9.92. The molecule has 3 atom stereocenters. The van der Waals surface area contributed by atoms with Gasteiger partial charge in [0.2, 0.25) is 5.91 Å². The molecule has 0 bridgehead atoms. The zero-order valence-electron chi connectivity index (χ0n) is 13.7. The topological polar surface area (TPSA) is 59.0 Å². The number of amides is 1. The van der Waals surface area contributed by atoms with Gasteiger partial charge in [-0.2, -0.15) is 0 Å². The van der Waals surface area contributed by atoms with Crippen LogP contribution in [0.2, 0.25) is 0 Å². The maximum absolute atomic E-state index is 12.6. The van der Waals surface area contributed by atoms with Crippen molar-refractivity contribution in [3.05, 3.63) is 29.8 Å². The van der Waals surface area contributed by atoms with Crippen LogP contribution in [-0.4, -0.2) is 38.8 Å². The third-order valence-electron chi connectivity index (χ3n) is 5.16. The summed E-state index contributed by atoms with van der Waals surface area (Å²) in [5.74, 6) is 2.21. The number of pyridine rings is 1. The molecule has 1 aliphatic carbocycles. The minimum atomic E-state index is 0.263. The van der Waals surface area contributed by atoms with Crippen LogP contribution >= 0.6 is 0 Å². The summed E-state index contributed by atoms with van der Waals surface area (Å²) in [5, 5.41) is 1.03. The molecule has 0 spiro atoms. The van der Waals surface area contributed by atoms with Crippen molar-refractivity contribution in [3.8, 4) is 0 Å². The van der Waals surface area contributed by atoms with Crippen LogP contribution in [0, 0.1) is 18.8 Å². The van der Waals surface area contributed by atoms with Crippen molar-refractivity contribution in [1.29, 1.82) is 0 Å². The van der Waals surface area contributed by atoms with Crippen LogP contribution in [-0.2, 0) is 4.79 Å². The summed E-state index contributed by atoms with van der Waals surface area (Å²) in [6, 6.07) is 3.98. The van der Waals surface area contributed by atoms with Gasteiger partial charge < -0.3 is 4.90 Å². The molecule has 5 heteroatoms. The van der Waals surface area contributed by atoms with Gasteiger partial charge in [-0.1, -0.05) is 6.92 Å². The van der Waals surface area contributed by atoms with E-state index in [0.717, 1.165) is 54.9 Å². The molecule has 120 valence electrons. The average Bonchev–Trinajstić information content (AvgIpc) is 3.30. The normalized spacial score (nSPS) is 27.2. The van der Waals surface area contributed by atoms with Gasteiger partial charge in [0.25, 0.3) is 0 Å². The first kappa shape index (κ1) is 14.5. The second-order valence-corrected chi connectivity index (χ2v) is 6.97. The maximum atomic E-state index is 12.6. The number of fused-ring (bicyclic) bond motifs is 1. The molecular weight excluding hydrogens is 288 g/mol. The monoisotopic (exact) mass is 310 g/mol. The fourth-order valence-electron chi connectivity index (χ4n) is 3.71.